The molecule has 0 bridgehead atoms. The van der Waals surface area contributed by atoms with E-state index in [9.17, 15) is 4.79 Å². The monoisotopic (exact) mass is 162 g/mol. The lowest BCUT2D eigenvalue weighted by molar-refractivity contribution is 0.0701. The van der Waals surface area contributed by atoms with Gasteiger partial charge in [-0.15, -0.1) is 6.42 Å². The number of carbonyl (C=O) groups excluding carboxylic acids is 1. The zero-order valence-electron chi connectivity index (χ0n) is 6.11. The molecule has 0 saturated carbocycles. The van der Waals surface area contributed by atoms with Crippen molar-refractivity contribution in [2.75, 3.05) is 0 Å². The second-order valence-corrected chi connectivity index (χ2v) is 2.02. The lowest BCUT2D eigenvalue weighted by Gasteiger charge is -1.96. The van der Waals surface area contributed by atoms with Crippen LogP contribution in [0.2, 0.25) is 0 Å². The number of aromatic nitrogens is 1. The molecule has 1 rings (SSSR count). The molecule has 0 saturated heterocycles. The van der Waals surface area contributed by atoms with E-state index < -0.39 is 5.91 Å². The molecule has 0 spiro atoms. The molecule has 1 aromatic rings. The van der Waals surface area contributed by atoms with Crippen LogP contribution in [0, 0.1) is 12.3 Å². The van der Waals surface area contributed by atoms with E-state index in [0.717, 1.165) is 0 Å². The van der Waals surface area contributed by atoms with Crippen molar-refractivity contribution in [1.29, 1.82) is 0 Å². The lowest BCUT2D eigenvalue weighted by Crippen LogP contribution is -2.19. The molecule has 0 fully saturated rings. The Kier molecular flexibility index (Phi) is 2.41. The first-order valence-electron chi connectivity index (χ1n) is 3.15. The van der Waals surface area contributed by atoms with E-state index in [2.05, 4.69) is 10.9 Å². The lowest BCUT2D eigenvalue weighted by atomic mass is 10.2. The van der Waals surface area contributed by atoms with Gasteiger partial charge < -0.3 is 0 Å². The number of amides is 1. The number of terminal acetylenes is 1. The van der Waals surface area contributed by atoms with Gasteiger partial charge in [0.25, 0.3) is 5.91 Å². The summed E-state index contributed by atoms with van der Waals surface area (Å²) in [5, 5.41) is 8.23. The van der Waals surface area contributed by atoms with Gasteiger partial charge in [0.15, 0.2) is 0 Å². The van der Waals surface area contributed by atoms with Crippen LogP contribution in [0.15, 0.2) is 18.3 Å². The van der Waals surface area contributed by atoms with Crippen molar-refractivity contribution in [3.05, 3.63) is 29.6 Å². The smallest absolute Gasteiger partial charge is 0.288 e. The van der Waals surface area contributed by atoms with Gasteiger partial charge in [-0.05, 0) is 12.1 Å². The number of hydrogen-bond donors (Lipinski definition) is 2. The van der Waals surface area contributed by atoms with Gasteiger partial charge in [-0.25, -0.2) is 10.5 Å². The molecular formula is C8H6N2O2. The molecule has 4 nitrogen and oxygen atoms in total. The van der Waals surface area contributed by atoms with Crippen molar-refractivity contribution >= 4 is 5.91 Å². The molecule has 60 valence electrons. The fraction of sp³-hybridized carbons (Fsp3) is 0. The number of carbonyl (C=O) groups is 1. The van der Waals surface area contributed by atoms with E-state index in [1.165, 1.54) is 17.7 Å². The number of hydroxylamine groups is 1. The van der Waals surface area contributed by atoms with E-state index in [1.54, 1.807) is 6.07 Å². The van der Waals surface area contributed by atoms with Gasteiger partial charge in [0.2, 0.25) is 0 Å². The Bertz CT molecular complexity index is 324. The van der Waals surface area contributed by atoms with Gasteiger partial charge in [0.05, 0.1) is 0 Å². The number of nitrogens with zero attached hydrogens (tertiary/aromatic N) is 1. The zero-order valence-corrected chi connectivity index (χ0v) is 6.11. The second kappa shape index (κ2) is 3.51. The van der Waals surface area contributed by atoms with Gasteiger partial charge in [-0.3, -0.25) is 10.0 Å². The van der Waals surface area contributed by atoms with Gasteiger partial charge in [-0.1, -0.05) is 5.92 Å². The first-order valence-corrected chi connectivity index (χ1v) is 3.15. The van der Waals surface area contributed by atoms with Crippen LogP contribution in [-0.4, -0.2) is 16.1 Å². The SMILES string of the molecule is C#Cc1ccc(C(=O)NO)nc1. The van der Waals surface area contributed by atoms with Crippen molar-refractivity contribution in [3.63, 3.8) is 0 Å². The second-order valence-electron chi connectivity index (χ2n) is 2.02. The molecular weight excluding hydrogens is 156 g/mol. The number of pyridine rings is 1. The highest BCUT2D eigenvalue weighted by molar-refractivity contribution is 5.91. The predicted molar refractivity (Wildman–Crippen MR) is 41.4 cm³/mol. The summed E-state index contributed by atoms with van der Waals surface area (Å²) in [5.74, 6) is 1.70. The Hall–Kier alpha value is -1.86. The molecule has 0 unspecified atom stereocenters. The third-order valence-electron chi connectivity index (χ3n) is 1.26. The largest absolute Gasteiger partial charge is 0.293 e. The number of rotatable bonds is 1. The van der Waals surface area contributed by atoms with Crippen LogP contribution in [0.25, 0.3) is 0 Å². The standard InChI is InChI=1S/C8H6N2O2/c1-2-6-3-4-7(9-5-6)8(11)10-12/h1,3-5,12H,(H,10,11). The molecule has 12 heavy (non-hydrogen) atoms. The van der Waals surface area contributed by atoms with Crippen molar-refractivity contribution in [1.82, 2.24) is 10.5 Å². The fourth-order valence-corrected chi connectivity index (χ4v) is 0.671. The van der Waals surface area contributed by atoms with Crippen LogP contribution in [0.5, 0.6) is 0 Å². The minimum absolute atomic E-state index is 0.122. The summed E-state index contributed by atoms with van der Waals surface area (Å²) >= 11 is 0. The molecule has 0 aliphatic rings. The molecule has 0 aliphatic heterocycles. The molecule has 4 heteroatoms. The molecule has 0 radical (unpaired) electrons. The van der Waals surface area contributed by atoms with Gasteiger partial charge in [0.1, 0.15) is 5.69 Å². The summed E-state index contributed by atoms with van der Waals surface area (Å²) in [6.07, 6.45) is 6.45. The minimum Gasteiger partial charge on any atom is -0.288 e. The van der Waals surface area contributed by atoms with Crippen LogP contribution >= 0.6 is 0 Å². The van der Waals surface area contributed by atoms with Crippen molar-refractivity contribution in [2.45, 2.75) is 0 Å². The van der Waals surface area contributed by atoms with Gasteiger partial charge in [0, 0.05) is 11.8 Å². The molecule has 2 N–H and O–H groups in total. The van der Waals surface area contributed by atoms with Crippen molar-refractivity contribution in [2.24, 2.45) is 0 Å². The van der Waals surface area contributed by atoms with Gasteiger partial charge in [-0.2, -0.15) is 0 Å². The van der Waals surface area contributed by atoms with Crippen LogP contribution in [0.4, 0.5) is 0 Å². The highest BCUT2D eigenvalue weighted by Gasteiger charge is 2.03. The van der Waals surface area contributed by atoms with E-state index >= 15 is 0 Å². The number of nitrogens with one attached hydrogen (secondary N) is 1. The average Bonchev–Trinajstić information content (AvgIpc) is 2.17. The molecule has 1 aromatic heterocycles. The third-order valence-corrected chi connectivity index (χ3v) is 1.26. The van der Waals surface area contributed by atoms with Crippen LogP contribution in [0.1, 0.15) is 16.1 Å². The predicted octanol–water partition coefficient (Wildman–Crippen LogP) is 0.182. The van der Waals surface area contributed by atoms with Crippen LogP contribution in [-0.2, 0) is 0 Å². The van der Waals surface area contributed by atoms with E-state index in [4.69, 9.17) is 11.6 Å². The summed E-state index contributed by atoms with van der Waals surface area (Å²) in [6, 6.07) is 3.00. The van der Waals surface area contributed by atoms with E-state index in [0.29, 0.717) is 5.56 Å². The molecule has 0 aromatic carbocycles. The molecule has 1 heterocycles. The van der Waals surface area contributed by atoms with Crippen LogP contribution < -0.4 is 5.48 Å². The maximum absolute atomic E-state index is 10.7. The zero-order chi connectivity index (χ0) is 8.97. The average molecular weight is 162 g/mol. The van der Waals surface area contributed by atoms with E-state index in [-0.39, 0.29) is 5.69 Å². The summed E-state index contributed by atoms with van der Waals surface area (Å²) in [6.45, 7) is 0. The third kappa shape index (κ3) is 1.59. The highest BCUT2D eigenvalue weighted by Crippen LogP contribution is 1.97. The van der Waals surface area contributed by atoms with Crippen LogP contribution in [0.3, 0.4) is 0 Å². The summed E-state index contributed by atoms with van der Waals surface area (Å²) in [7, 11) is 0. The maximum atomic E-state index is 10.7. The first-order chi connectivity index (χ1) is 5.77. The Morgan fingerprint density at radius 2 is 2.42 bits per heavy atom. The Morgan fingerprint density at radius 1 is 1.67 bits per heavy atom. The Balaban J connectivity index is 2.94. The normalized spacial score (nSPS) is 8.67. The first kappa shape index (κ1) is 8.24. The quantitative estimate of drug-likeness (QED) is 0.352. The van der Waals surface area contributed by atoms with Crippen molar-refractivity contribution in [3.8, 4) is 12.3 Å². The molecule has 1 amide bonds. The number of hydrogen-bond acceptors (Lipinski definition) is 3. The molecule has 0 aliphatic carbocycles. The molecule has 0 atom stereocenters. The fourth-order valence-electron chi connectivity index (χ4n) is 0.671. The highest BCUT2D eigenvalue weighted by atomic mass is 16.5. The minimum atomic E-state index is -0.654. The van der Waals surface area contributed by atoms with Gasteiger partial charge >= 0.3 is 0 Å². The van der Waals surface area contributed by atoms with Crippen molar-refractivity contribution < 1.29 is 10.0 Å². The summed E-state index contributed by atoms with van der Waals surface area (Å²) < 4.78 is 0. The topological polar surface area (TPSA) is 62.2 Å². The summed E-state index contributed by atoms with van der Waals surface area (Å²) in [5.41, 5.74) is 2.17. The Labute approximate surface area is 69.2 Å². The Morgan fingerprint density at radius 3 is 2.83 bits per heavy atom. The van der Waals surface area contributed by atoms with E-state index in [1.807, 2.05) is 0 Å². The maximum Gasteiger partial charge on any atom is 0.293 e. The summed E-state index contributed by atoms with van der Waals surface area (Å²) in [4.78, 5) is 14.4.